The fourth-order valence-corrected chi connectivity index (χ4v) is 1.77. The Morgan fingerprint density at radius 3 is 2.00 bits per heavy atom. The lowest BCUT2D eigenvalue weighted by Gasteiger charge is -2.07. The third-order valence-corrected chi connectivity index (χ3v) is 2.91. The number of nitrogens with one attached hydrogen (secondary N) is 2. The molecule has 7 heteroatoms. The molecule has 2 rings (SSSR count). The first-order valence-electron chi connectivity index (χ1n) is 6.55. The number of amides is 2. The fourth-order valence-electron chi connectivity index (χ4n) is 1.77. The van der Waals surface area contributed by atoms with Crippen molar-refractivity contribution in [2.45, 2.75) is 6.92 Å². The summed E-state index contributed by atoms with van der Waals surface area (Å²) >= 11 is 0. The molecule has 5 nitrogen and oxygen atoms in total. The molecule has 0 bridgehead atoms. The molecule has 0 aliphatic carbocycles. The van der Waals surface area contributed by atoms with Crippen LogP contribution in [0.3, 0.4) is 0 Å². The van der Waals surface area contributed by atoms with E-state index in [1.807, 2.05) is 0 Å². The number of hydrogen-bond acceptors (Lipinski definition) is 3. The Morgan fingerprint density at radius 2 is 1.43 bits per heavy atom. The maximum atomic E-state index is 13.0. The second-order valence-electron chi connectivity index (χ2n) is 4.67. The van der Waals surface area contributed by atoms with Crippen LogP contribution in [0.15, 0.2) is 42.5 Å². The summed E-state index contributed by atoms with van der Waals surface area (Å²) in [5, 5.41) is 4.45. The van der Waals surface area contributed by atoms with Crippen molar-refractivity contribution < 1.29 is 23.2 Å². The highest BCUT2D eigenvalue weighted by Gasteiger charge is 2.15. The van der Waals surface area contributed by atoms with Crippen LogP contribution >= 0.6 is 0 Å². The topological polar surface area (TPSA) is 75.3 Å². The molecule has 0 atom stereocenters. The van der Waals surface area contributed by atoms with Gasteiger partial charge < -0.3 is 10.6 Å². The van der Waals surface area contributed by atoms with Crippen molar-refractivity contribution in [1.29, 1.82) is 0 Å². The molecule has 0 spiro atoms. The Hall–Kier alpha value is -3.09. The molecule has 2 aromatic carbocycles. The molecule has 23 heavy (non-hydrogen) atoms. The zero-order chi connectivity index (χ0) is 17.0. The summed E-state index contributed by atoms with van der Waals surface area (Å²) in [6.07, 6.45) is 0. The van der Waals surface area contributed by atoms with Crippen molar-refractivity contribution in [3.8, 4) is 0 Å². The van der Waals surface area contributed by atoms with E-state index in [1.165, 1.54) is 19.1 Å². The Kier molecular flexibility index (Phi) is 4.80. The second-order valence-corrected chi connectivity index (χ2v) is 4.67. The fraction of sp³-hybridized carbons (Fsp3) is 0.0625. The molecule has 0 heterocycles. The molecule has 0 aliphatic heterocycles. The van der Waals surface area contributed by atoms with Gasteiger partial charge >= 0.3 is 11.8 Å². The molecule has 2 amide bonds. The summed E-state index contributed by atoms with van der Waals surface area (Å²) in [6, 6.07) is 8.77. The number of carbonyl (C=O) groups excluding carboxylic acids is 3. The van der Waals surface area contributed by atoms with Crippen LogP contribution in [-0.4, -0.2) is 17.6 Å². The number of hydrogen-bond donors (Lipinski definition) is 2. The summed E-state index contributed by atoms with van der Waals surface area (Å²) in [7, 11) is 0. The minimum atomic E-state index is -1.14. The molecule has 0 aromatic heterocycles. The van der Waals surface area contributed by atoms with Crippen LogP contribution in [0.25, 0.3) is 0 Å². The maximum Gasteiger partial charge on any atom is 0.314 e. The molecule has 2 N–H and O–H groups in total. The van der Waals surface area contributed by atoms with Crippen molar-refractivity contribution in [1.82, 2.24) is 0 Å². The normalized spacial score (nSPS) is 10.0. The number of carbonyl (C=O) groups is 3. The van der Waals surface area contributed by atoms with Crippen LogP contribution in [0.2, 0.25) is 0 Å². The minimum Gasteiger partial charge on any atom is -0.318 e. The van der Waals surface area contributed by atoms with Crippen molar-refractivity contribution in [3.63, 3.8) is 0 Å². The Bertz CT molecular complexity index is 791. The number of Topliss-reactive ketones (excluding diaryl/α,β-unsaturated/α-hetero) is 1. The van der Waals surface area contributed by atoms with Gasteiger partial charge in [0.1, 0.15) is 0 Å². The molecule has 0 unspecified atom stereocenters. The van der Waals surface area contributed by atoms with E-state index in [0.29, 0.717) is 5.56 Å². The lowest BCUT2D eigenvalue weighted by Crippen LogP contribution is -2.29. The van der Waals surface area contributed by atoms with Gasteiger partial charge in [-0.2, -0.15) is 0 Å². The van der Waals surface area contributed by atoms with Gasteiger partial charge in [0.15, 0.2) is 17.4 Å². The molecule has 118 valence electrons. The predicted molar refractivity (Wildman–Crippen MR) is 80.1 cm³/mol. The van der Waals surface area contributed by atoms with Gasteiger partial charge in [0.05, 0.1) is 0 Å². The minimum absolute atomic E-state index is 0.0541. The van der Waals surface area contributed by atoms with E-state index in [9.17, 15) is 23.2 Å². The van der Waals surface area contributed by atoms with Gasteiger partial charge in [0, 0.05) is 23.0 Å². The smallest absolute Gasteiger partial charge is 0.314 e. The number of rotatable bonds is 3. The molecule has 0 fully saturated rings. The van der Waals surface area contributed by atoms with E-state index in [-0.39, 0.29) is 17.2 Å². The standard InChI is InChI=1S/C16H12F2N2O3/c1-9(21)10-3-2-4-11(7-10)19-15(22)16(23)20-12-5-6-13(17)14(18)8-12/h2-8H,1H3,(H,19,22)(H,20,23). The molecule has 0 saturated heterocycles. The Labute approximate surface area is 130 Å². The molecule has 0 saturated carbocycles. The van der Waals surface area contributed by atoms with E-state index in [1.54, 1.807) is 12.1 Å². The van der Waals surface area contributed by atoms with Crippen molar-refractivity contribution >= 4 is 29.0 Å². The SMILES string of the molecule is CC(=O)c1cccc(NC(=O)C(=O)Nc2ccc(F)c(F)c2)c1. The van der Waals surface area contributed by atoms with Crippen molar-refractivity contribution in [3.05, 3.63) is 59.7 Å². The number of halogens is 2. The zero-order valence-corrected chi connectivity index (χ0v) is 12.0. The highest BCUT2D eigenvalue weighted by molar-refractivity contribution is 6.43. The van der Waals surface area contributed by atoms with Crippen LogP contribution in [0.5, 0.6) is 0 Å². The summed E-state index contributed by atoms with van der Waals surface area (Å²) in [4.78, 5) is 34.8. The molecular weight excluding hydrogens is 306 g/mol. The first-order valence-corrected chi connectivity index (χ1v) is 6.55. The zero-order valence-electron chi connectivity index (χ0n) is 12.0. The van der Waals surface area contributed by atoms with Gasteiger partial charge in [-0.1, -0.05) is 12.1 Å². The predicted octanol–water partition coefficient (Wildman–Crippen LogP) is 2.74. The molecule has 0 radical (unpaired) electrons. The van der Waals surface area contributed by atoms with Crippen LogP contribution in [-0.2, 0) is 9.59 Å². The maximum absolute atomic E-state index is 13.0. The van der Waals surface area contributed by atoms with Crippen molar-refractivity contribution in [2.75, 3.05) is 10.6 Å². The van der Waals surface area contributed by atoms with Gasteiger partial charge in [0.25, 0.3) is 0 Å². The summed E-state index contributed by atoms with van der Waals surface area (Å²) in [6.45, 7) is 1.37. The number of benzene rings is 2. The highest BCUT2D eigenvalue weighted by atomic mass is 19.2. The van der Waals surface area contributed by atoms with Gasteiger partial charge in [0.2, 0.25) is 0 Å². The third-order valence-electron chi connectivity index (χ3n) is 2.91. The summed E-state index contributed by atoms with van der Waals surface area (Å²) < 4.78 is 25.8. The average Bonchev–Trinajstić information content (AvgIpc) is 2.51. The van der Waals surface area contributed by atoms with Crippen molar-refractivity contribution in [2.24, 2.45) is 0 Å². The van der Waals surface area contributed by atoms with E-state index in [4.69, 9.17) is 0 Å². The lowest BCUT2D eigenvalue weighted by molar-refractivity contribution is -0.133. The number of ketones is 1. The summed E-state index contributed by atoms with van der Waals surface area (Å²) in [5.41, 5.74) is 0.591. The molecule has 0 aliphatic rings. The largest absolute Gasteiger partial charge is 0.318 e. The highest BCUT2D eigenvalue weighted by Crippen LogP contribution is 2.14. The molecule has 2 aromatic rings. The van der Waals surface area contributed by atoms with E-state index < -0.39 is 23.4 Å². The van der Waals surface area contributed by atoms with E-state index in [0.717, 1.165) is 18.2 Å². The first kappa shape index (κ1) is 16.3. The van der Waals surface area contributed by atoms with E-state index >= 15 is 0 Å². The van der Waals surface area contributed by atoms with Crippen LogP contribution in [0.1, 0.15) is 17.3 Å². The monoisotopic (exact) mass is 318 g/mol. The second kappa shape index (κ2) is 6.78. The quantitative estimate of drug-likeness (QED) is 0.675. The van der Waals surface area contributed by atoms with Crippen LogP contribution in [0, 0.1) is 11.6 Å². The third kappa shape index (κ3) is 4.19. The average molecular weight is 318 g/mol. The van der Waals surface area contributed by atoms with Gasteiger partial charge in [-0.3, -0.25) is 14.4 Å². The number of anilines is 2. The van der Waals surface area contributed by atoms with Crippen LogP contribution < -0.4 is 10.6 Å². The van der Waals surface area contributed by atoms with Gasteiger partial charge in [-0.15, -0.1) is 0 Å². The van der Waals surface area contributed by atoms with Gasteiger partial charge in [-0.25, -0.2) is 8.78 Å². The van der Waals surface area contributed by atoms with Gasteiger partial charge in [-0.05, 0) is 31.2 Å². The van der Waals surface area contributed by atoms with E-state index in [2.05, 4.69) is 10.6 Å². The van der Waals surface area contributed by atoms with Crippen LogP contribution in [0.4, 0.5) is 20.2 Å². The lowest BCUT2D eigenvalue weighted by atomic mass is 10.1. The first-order chi connectivity index (χ1) is 10.9. The summed E-state index contributed by atoms with van der Waals surface area (Å²) in [5.74, 6) is -4.45. The molecular formula is C16H12F2N2O3. The Morgan fingerprint density at radius 1 is 0.826 bits per heavy atom. The Balaban J connectivity index is 2.05.